The number of guanidine groups is 1. The zero-order valence-corrected chi connectivity index (χ0v) is 18.6. The predicted octanol–water partition coefficient (Wildman–Crippen LogP) is 2.18. The smallest absolute Gasteiger partial charge is 0.238 e. The summed E-state index contributed by atoms with van der Waals surface area (Å²) < 4.78 is 25.5. The van der Waals surface area contributed by atoms with Crippen LogP contribution in [0.5, 0.6) is 0 Å². The van der Waals surface area contributed by atoms with Gasteiger partial charge in [-0.15, -0.1) is 0 Å². The van der Waals surface area contributed by atoms with Crippen LogP contribution in [-0.2, 0) is 17.1 Å². The fourth-order valence-electron chi connectivity index (χ4n) is 3.54. The number of likely N-dealkylation sites (N-methyl/N-ethyl adjacent to an activating group) is 1. The minimum Gasteiger partial charge on any atom is -0.351 e. The Bertz CT molecular complexity index is 1320. The van der Waals surface area contributed by atoms with Crippen molar-refractivity contribution in [1.29, 1.82) is 0 Å². The summed E-state index contributed by atoms with van der Waals surface area (Å²) >= 11 is 0. The highest BCUT2D eigenvalue weighted by molar-refractivity contribution is 7.89. The molecule has 4 N–H and O–H groups in total. The second-order valence-electron chi connectivity index (χ2n) is 7.58. The first-order valence-electron chi connectivity index (χ1n) is 9.71. The molecule has 9 nitrogen and oxygen atoms in total. The molecule has 31 heavy (non-hydrogen) atoms. The number of rotatable bonds is 4. The summed E-state index contributed by atoms with van der Waals surface area (Å²) in [4.78, 5) is 6.47. The van der Waals surface area contributed by atoms with Gasteiger partial charge in [0, 0.05) is 42.8 Å². The quantitative estimate of drug-likeness (QED) is 0.574. The molecule has 2 aromatic carbocycles. The molecule has 1 unspecified atom stereocenters. The van der Waals surface area contributed by atoms with Gasteiger partial charge in [0.2, 0.25) is 16.0 Å². The largest absolute Gasteiger partial charge is 0.351 e. The molecule has 0 aliphatic carbocycles. The highest BCUT2D eigenvalue weighted by atomic mass is 32.2. The summed E-state index contributed by atoms with van der Waals surface area (Å²) in [6.45, 7) is 3.75. The van der Waals surface area contributed by atoms with E-state index in [1.165, 1.54) is 6.07 Å². The van der Waals surface area contributed by atoms with Gasteiger partial charge in [0.25, 0.3) is 0 Å². The molecule has 0 spiro atoms. The number of hydrogen-bond donors (Lipinski definition) is 3. The zero-order valence-electron chi connectivity index (χ0n) is 17.8. The Morgan fingerprint density at radius 3 is 2.71 bits per heavy atom. The van der Waals surface area contributed by atoms with Crippen LogP contribution in [0.25, 0.3) is 10.9 Å². The minimum atomic E-state index is -3.81. The maximum Gasteiger partial charge on any atom is 0.238 e. The van der Waals surface area contributed by atoms with Crippen LogP contribution in [-0.4, -0.2) is 37.4 Å². The Kier molecular flexibility index (Phi) is 5.19. The second-order valence-corrected chi connectivity index (χ2v) is 9.11. The van der Waals surface area contributed by atoms with E-state index in [9.17, 15) is 8.42 Å². The van der Waals surface area contributed by atoms with E-state index in [1.807, 2.05) is 31.8 Å². The number of primary sulfonamides is 1. The summed E-state index contributed by atoms with van der Waals surface area (Å²) in [6.07, 6.45) is 3.48. The fraction of sp³-hybridized carbons (Fsp3) is 0.238. The van der Waals surface area contributed by atoms with Crippen molar-refractivity contribution in [3.63, 3.8) is 0 Å². The normalized spacial score (nSPS) is 16.2. The third kappa shape index (κ3) is 4.12. The van der Waals surface area contributed by atoms with Crippen LogP contribution in [0.1, 0.15) is 11.3 Å². The van der Waals surface area contributed by atoms with Crippen LogP contribution in [0, 0.1) is 13.8 Å². The minimum absolute atomic E-state index is 0.0806. The van der Waals surface area contributed by atoms with Gasteiger partial charge in [0.05, 0.1) is 10.4 Å². The first-order valence-corrected chi connectivity index (χ1v) is 11.3. The summed E-state index contributed by atoms with van der Waals surface area (Å²) in [6, 6.07) is 11.2. The molecule has 1 atom stereocenters. The Morgan fingerprint density at radius 1 is 1.19 bits per heavy atom. The molecular weight excluding hydrogens is 414 g/mol. The number of nitrogens with zero attached hydrogens (tertiary/aromatic N) is 4. The van der Waals surface area contributed by atoms with Gasteiger partial charge < -0.3 is 15.5 Å². The lowest BCUT2D eigenvalue weighted by Gasteiger charge is -2.31. The van der Waals surface area contributed by atoms with Gasteiger partial charge >= 0.3 is 0 Å². The number of hydrogen-bond acceptors (Lipinski definition) is 7. The Balaban J connectivity index is 1.52. The topological polar surface area (TPSA) is 118 Å². The van der Waals surface area contributed by atoms with Gasteiger partial charge in [0.15, 0.2) is 0 Å². The number of aliphatic imine (C=N–C) groups is 1. The van der Waals surface area contributed by atoms with Gasteiger partial charge in [-0.1, -0.05) is 6.07 Å². The highest BCUT2D eigenvalue weighted by Gasteiger charge is 2.19. The number of fused-ring (bicyclic) bond motifs is 1. The second kappa shape index (κ2) is 7.71. The van der Waals surface area contributed by atoms with Crippen molar-refractivity contribution in [3.05, 3.63) is 59.9 Å². The average Bonchev–Trinajstić information content (AvgIpc) is 3.01. The summed E-state index contributed by atoms with van der Waals surface area (Å²) in [5.74, 6) is 0.498. The van der Waals surface area contributed by atoms with Crippen LogP contribution in [0.3, 0.4) is 0 Å². The molecule has 0 saturated heterocycles. The molecule has 0 amide bonds. The Labute approximate surface area is 181 Å². The predicted molar refractivity (Wildman–Crippen MR) is 124 cm³/mol. The molecule has 3 aromatic rings. The van der Waals surface area contributed by atoms with E-state index < -0.39 is 10.0 Å². The molecule has 1 aliphatic heterocycles. The fourth-order valence-corrected chi connectivity index (χ4v) is 4.35. The van der Waals surface area contributed by atoms with Crippen molar-refractivity contribution < 1.29 is 8.42 Å². The number of anilines is 2. The summed E-state index contributed by atoms with van der Waals surface area (Å²) in [7, 11) is 0.108. The molecule has 0 saturated carbocycles. The zero-order chi connectivity index (χ0) is 22.3. The molecule has 10 heteroatoms. The maximum atomic E-state index is 11.8. The third-order valence-corrected chi connectivity index (χ3v) is 6.51. The van der Waals surface area contributed by atoms with Crippen LogP contribution in [0.4, 0.5) is 11.4 Å². The SMILES string of the molecule is Cc1ccc(NC2=NC=CC(N(C)c3ccc4c(C)n(C)nc4c3)N2)cc1S(N)(=O)=O. The van der Waals surface area contributed by atoms with Gasteiger partial charge in [0.1, 0.15) is 6.17 Å². The molecule has 0 radical (unpaired) electrons. The first kappa shape index (κ1) is 20.9. The van der Waals surface area contributed by atoms with E-state index in [-0.39, 0.29) is 11.1 Å². The van der Waals surface area contributed by atoms with Crippen LogP contribution >= 0.6 is 0 Å². The van der Waals surface area contributed by atoms with Gasteiger partial charge in [-0.3, -0.25) is 4.68 Å². The molecule has 1 aromatic heterocycles. The maximum absolute atomic E-state index is 11.8. The van der Waals surface area contributed by atoms with Gasteiger partial charge in [-0.25, -0.2) is 18.5 Å². The van der Waals surface area contributed by atoms with Crippen LogP contribution in [0.15, 0.2) is 58.6 Å². The molecule has 1 aliphatic rings. The lowest BCUT2D eigenvalue weighted by molar-refractivity contribution is 0.597. The van der Waals surface area contributed by atoms with E-state index in [4.69, 9.17) is 5.14 Å². The van der Waals surface area contributed by atoms with Crippen LogP contribution in [0.2, 0.25) is 0 Å². The molecule has 2 heterocycles. The molecule has 0 bridgehead atoms. The van der Waals surface area contributed by atoms with Crippen molar-refractivity contribution >= 4 is 38.3 Å². The summed E-state index contributed by atoms with van der Waals surface area (Å²) in [5.41, 5.74) is 4.22. The van der Waals surface area contributed by atoms with Crippen LogP contribution < -0.4 is 20.7 Å². The molecule has 0 fully saturated rings. The number of nitrogens with one attached hydrogen (secondary N) is 2. The summed E-state index contributed by atoms with van der Waals surface area (Å²) in [5, 5.41) is 17.4. The Hall–Kier alpha value is -3.37. The van der Waals surface area contributed by atoms with E-state index in [0.717, 1.165) is 22.3 Å². The number of aryl methyl sites for hydroxylation is 3. The van der Waals surface area contributed by atoms with Gasteiger partial charge in [-0.05, 0) is 55.8 Å². The average molecular weight is 440 g/mol. The van der Waals surface area contributed by atoms with E-state index in [2.05, 4.69) is 43.8 Å². The molecule has 162 valence electrons. The third-order valence-electron chi connectivity index (χ3n) is 5.45. The van der Waals surface area contributed by atoms with Gasteiger partial charge in [-0.2, -0.15) is 5.10 Å². The first-order chi connectivity index (χ1) is 14.6. The number of benzene rings is 2. The molecular formula is C21H25N7O2S. The highest BCUT2D eigenvalue weighted by Crippen LogP contribution is 2.25. The van der Waals surface area contributed by atoms with E-state index in [0.29, 0.717) is 17.2 Å². The lowest BCUT2D eigenvalue weighted by atomic mass is 10.2. The Morgan fingerprint density at radius 2 is 1.97 bits per heavy atom. The monoisotopic (exact) mass is 439 g/mol. The standard InChI is InChI=1S/C21H25N7O2S/c1-13-5-6-15(11-19(13)31(22,29)30)24-21-23-10-9-20(25-21)27(3)16-7-8-17-14(2)28(4)26-18(17)12-16/h5-12,20H,1-4H3,(H2,22,29,30)(H2,23,24,25). The van der Waals surface area contributed by atoms with Crippen molar-refractivity contribution in [1.82, 2.24) is 15.1 Å². The lowest BCUT2D eigenvalue weighted by Crippen LogP contribution is -2.49. The number of sulfonamides is 1. The molecule has 4 rings (SSSR count). The van der Waals surface area contributed by atoms with E-state index in [1.54, 1.807) is 25.3 Å². The van der Waals surface area contributed by atoms with Crippen molar-refractivity contribution in [2.24, 2.45) is 17.2 Å². The van der Waals surface area contributed by atoms with Crippen molar-refractivity contribution in [3.8, 4) is 0 Å². The van der Waals surface area contributed by atoms with E-state index >= 15 is 0 Å². The number of nitrogens with two attached hydrogens (primary N) is 1. The van der Waals surface area contributed by atoms with Crippen molar-refractivity contribution in [2.75, 3.05) is 17.3 Å². The van der Waals surface area contributed by atoms with Crippen molar-refractivity contribution in [2.45, 2.75) is 24.9 Å². The number of aromatic nitrogens is 2.